The number of hydrogen-bond donors (Lipinski definition) is 2. The molecule has 0 aliphatic carbocycles. The van der Waals surface area contributed by atoms with Crippen molar-refractivity contribution < 1.29 is 17.1 Å². The summed E-state index contributed by atoms with van der Waals surface area (Å²) in [5, 5.41) is 7.13. The van der Waals surface area contributed by atoms with Crippen LogP contribution >= 0.6 is 0 Å². The summed E-state index contributed by atoms with van der Waals surface area (Å²) >= 11 is 0. The quantitative estimate of drug-likeness (QED) is 0.614. The molecule has 5 heteroatoms. The average molecular weight is 295 g/mol. The molecule has 2 bridgehead atoms. The van der Waals surface area contributed by atoms with E-state index in [1.54, 1.807) is 0 Å². The van der Waals surface area contributed by atoms with Gasteiger partial charge in [0.2, 0.25) is 0 Å². The van der Waals surface area contributed by atoms with Crippen LogP contribution in [-0.4, -0.2) is 74.7 Å². The Balaban J connectivity index is 0.00000162. The van der Waals surface area contributed by atoms with E-state index in [1.165, 1.54) is 58.7 Å². The van der Waals surface area contributed by atoms with Gasteiger partial charge in [0.1, 0.15) is 0 Å². The van der Waals surface area contributed by atoms with Gasteiger partial charge in [-0.3, -0.25) is 4.90 Å². The number of fused-ring (bicyclic) bond motifs is 3. The normalized spacial score (nSPS) is 35.5. The standard InChI is InChI=1S/C13H28N4.Mn/c1-13-3-5-15-6-9-16-8-2-4-14-7-10-17(13)12-11-16;/h13-15H,2-12H2,1H3;/q;+2. The topological polar surface area (TPSA) is 30.5 Å². The third-order valence-electron chi connectivity index (χ3n) is 4.07. The summed E-state index contributed by atoms with van der Waals surface area (Å²) in [4.78, 5) is 5.27. The van der Waals surface area contributed by atoms with Gasteiger partial charge >= 0.3 is 17.1 Å². The van der Waals surface area contributed by atoms with E-state index in [4.69, 9.17) is 0 Å². The van der Waals surface area contributed by atoms with Crippen LogP contribution in [0, 0.1) is 0 Å². The number of hydrogen-bond acceptors (Lipinski definition) is 4. The predicted octanol–water partition coefficient (Wildman–Crippen LogP) is -0.0370. The molecular weight excluding hydrogens is 267 g/mol. The molecule has 3 atom stereocenters. The van der Waals surface area contributed by atoms with E-state index < -0.39 is 0 Å². The SMILES string of the molecule is CC1CCNCCN2CCCNCCN1CC2.[Mn+2]. The van der Waals surface area contributed by atoms with Gasteiger partial charge in [-0.15, -0.1) is 0 Å². The monoisotopic (exact) mass is 295 g/mol. The van der Waals surface area contributed by atoms with Gasteiger partial charge < -0.3 is 15.5 Å². The number of nitrogens with zero attached hydrogens (tertiary/aromatic N) is 2. The molecule has 2 rings (SSSR count). The van der Waals surface area contributed by atoms with Crippen molar-refractivity contribution in [3.05, 3.63) is 0 Å². The van der Waals surface area contributed by atoms with Crippen molar-refractivity contribution >= 4 is 0 Å². The first-order valence-corrected chi connectivity index (χ1v) is 7.24. The van der Waals surface area contributed by atoms with Gasteiger partial charge in [-0.05, 0) is 39.4 Å². The summed E-state index contributed by atoms with van der Waals surface area (Å²) in [6.07, 6.45) is 2.57. The molecule has 0 aromatic rings. The van der Waals surface area contributed by atoms with Crippen molar-refractivity contribution in [3.8, 4) is 0 Å². The van der Waals surface area contributed by atoms with Gasteiger partial charge in [0.05, 0.1) is 0 Å². The summed E-state index contributed by atoms with van der Waals surface area (Å²) in [6.45, 7) is 13.2. The van der Waals surface area contributed by atoms with E-state index >= 15 is 0 Å². The summed E-state index contributed by atoms with van der Waals surface area (Å²) in [5.41, 5.74) is 0. The maximum Gasteiger partial charge on any atom is 2.00 e. The van der Waals surface area contributed by atoms with Gasteiger partial charge in [0, 0.05) is 45.3 Å². The molecule has 0 aromatic heterocycles. The molecule has 2 saturated heterocycles. The van der Waals surface area contributed by atoms with Crippen molar-refractivity contribution in [1.29, 1.82) is 0 Å². The Labute approximate surface area is 122 Å². The molecule has 1 radical (unpaired) electrons. The van der Waals surface area contributed by atoms with Crippen LogP contribution in [0.3, 0.4) is 0 Å². The molecule has 0 spiro atoms. The molecule has 0 amide bonds. The summed E-state index contributed by atoms with van der Waals surface area (Å²) < 4.78 is 0. The second kappa shape index (κ2) is 9.29. The zero-order chi connectivity index (χ0) is 11.9. The maximum atomic E-state index is 3.57. The van der Waals surface area contributed by atoms with E-state index in [9.17, 15) is 0 Å². The van der Waals surface area contributed by atoms with Gasteiger partial charge in [-0.2, -0.15) is 0 Å². The largest absolute Gasteiger partial charge is 2.00 e. The Bertz CT molecular complexity index is 213. The summed E-state index contributed by atoms with van der Waals surface area (Å²) in [5.74, 6) is 0. The molecule has 2 aliphatic rings. The van der Waals surface area contributed by atoms with Crippen molar-refractivity contribution in [2.24, 2.45) is 0 Å². The minimum absolute atomic E-state index is 0. The van der Waals surface area contributed by atoms with Crippen LogP contribution in [0.15, 0.2) is 0 Å². The van der Waals surface area contributed by atoms with Gasteiger partial charge in [0.25, 0.3) is 0 Å². The Morgan fingerprint density at radius 3 is 2.50 bits per heavy atom. The Morgan fingerprint density at radius 1 is 0.833 bits per heavy atom. The fourth-order valence-electron chi connectivity index (χ4n) is 2.79. The molecule has 4 nitrogen and oxygen atoms in total. The summed E-state index contributed by atoms with van der Waals surface area (Å²) in [6, 6.07) is 0.712. The van der Waals surface area contributed by atoms with Gasteiger partial charge in [0.15, 0.2) is 0 Å². The predicted molar refractivity (Wildman–Crippen MR) is 72.4 cm³/mol. The smallest absolute Gasteiger partial charge is 0.315 e. The first-order chi connectivity index (χ1) is 8.36. The molecule has 2 heterocycles. The zero-order valence-corrected chi connectivity index (χ0v) is 12.8. The molecule has 0 aromatic carbocycles. The molecule has 2 aliphatic heterocycles. The van der Waals surface area contributed by atoms with E-state index in [2.05, 4.69) is 27.4 Å². The molecule has 18 heavy (non-hydrogen) atoms. The molecule has 2 N–H and O–H groups in total. The van der Waals surface area contributed by atoms with Crippen LogP contribution in [0.4, 0.5) is 0 Å². The van der Waals surface area contributed by atoms with Crippen LogP contribution < -0.4 is 10.6 Å². The number of rotatable bonds is 0. The third kappa shape index (κ3) is 5.55. The minimum Gasteiger partial charge on any atom is -0.315 e. The van der Waals surface area contributed by atoms with Gasteiger partial charge in [-0.25, -0.2) is 0 Å². The van der Waals surface area contributed by atoms with E-state index in [0.29, 0.717) is 6.04 Å². The second-order valence-electron chi connectivity index (χ2n) is 5.37. The molecule has 0 saturated carbocycles. The first kappa shape index (κ1) is 16.4. The zero-order valence-electron chi connectivity index (χ0n) is 11.6. The van der Waals surface area contributed by atoms with Crippen LogP contribution in [-0.2, 0) is 17.1 Å². The third-order valence-corrected chi connectivity index (χ3v) is 4.07. The maximum absolute atomic E-state index is 3.57. The Hall–Kier alpha value is 0.359. The van der Waals surface area contributed by atoms with E-state index in [1.807, 2.05) is 0 Å². The fourth-order valence-corrected chi connectivity index (χ4v) is 2.79. The summed E-state index contributed by atoms with van der Waals surface area (Å²) in [7, 11) is 0. The average Bonchev–Trinajstić information content (AvgIpc) is 2.36. The molecule has 105 valence electrons. The van der Waals surface area contributed by atoms with Crippen molar-refractivity contribution in [1.82, 2.24) is 20.4 Å². The Morgan fingerprint density at radius 2 is 1.61 bits per heavy atom. The van der Waals surface area contributed by atoms with Crippen molar-refractivity contribution in [2.45, 2.75) is 25.8 Å². The van der Waals surface area contributed by atoms with Crippen LogP contribution in [0.1, 0.15) is 19.8 Å². The molecule has 2 fully saturated rings. The minimum atomic E-state index is 0. The molecular formula is C13H28MnN4+2. The first-order valence-electron chi connectivity index (χ1n) is 7.24. The second-order valence-corrected chi connectivity index (χ2v) is 5.37. The van der Waals surface area contributed by atoms with Crippen LogP contribution in [0.2, 0.25) is 0 Å². The van der Waals surface area contributed by atoms with Crippen LogP contribution in [0.25, 0.3) is 0 Å². The van der Waals surface area contributed by atoms with E-state index in [-0.39, 0.29) is 17.1 Å². The molecule has 3 unspecified atom stereocenters. The van der Waals surface area contributed by atoms with Crippen molar-refractivity contribution in [3.63, 3.8) is 0 Å². The fraction of sp³-hybridized carbons (Fsp3) is 1.00. The van der Waals surface area contributed by atoms with Crippen LogP contribution in [0.5, 0.6) is 0 Å². The van der Waals surface area contributed by atoms with Gasteiger partial charge in [-0.1, -0.05) is 0 Å². The van der Waals surface area contributed by atoms with E-state index in [0.717, 1.165) is 13.1 Å². The number of nitrogens with one attached hydrogen (secondary N) is 2. The Kier molecular flexibility index (Phi) is 8.47. The van der Waals surface area contributed by atoms with Crippen molar-refractivity contribution in [2.75, 3.05) is 58.9 Å².